The van der Waals surface area contributed by atoms with Crippen molar-refractivity contribution in [2.75, 3.05) is 11.5 Å². The second-order valence-electron chi connectivity index (χ2n) is 3.60. The number of rotatable bonds is 5. The van der Waals surface area contributed by atoms with E-state index in [1.807, 2.05) is 19.1 Å². The molecule has 2 N–H and O–H groups in total. The molecule has 0 saturated carbocycles. The molecule has 0 heterocycles. The van der Waals surface area contributed by atoms with E-state index in [2.05, 4.69) is 19.1 Å². The van der Waals surface area contributed by atoms with Crippen molar-refractivity contribution in [3.8, 4) is 0 Å². The van der Waals surface area contributed by atoms with Crippen LogP contribution in [0.1, 0.15) is 31.0 Å². The van der Waals surface area contributed by atoms with Gasteiger partial charge in [-0.05, 0) is 17.5 Å². The van der Waals surface area contributed by atoms with Gasteiger partial charge in [0.2, 0.25) is 0 Å². The highest BCUT2D eigenvalue weighted by atomic mass is 32.2. The normalized spacial score (nSPS) is 14.9. The monoisotopic (exact) mass is 225 g/mol. The maximum absolute atomic E-state index is 11.3. The highest BCUT2D eigenvalue weighted by Gasteiger charge is 2.08. The van der Waals surface area contributed by atoms with Gasteiger partial charge >= 0.3 is 0 Å². The third kappa shape index (κ3) is 3.76. The van der Waals surface area contributed by atoms with Gasteiger partial charge in [-0.3, -0.25) is 4.21 Å². The van der Waals surface area contributed by atoms with E-state index in [1.165, 1.54) is 5.56 Å². The van der Waals surface area contributed by atoms with Crippen LogP contribution in [-0.2, 0) is 17.2 Å². The van der Waals surface area contributed by atoms with Crippen LogP contribution in [0.3, 0.4) is 0 Å². The summed E-state index contributed by atoms with van der Waals surface area (Å²) in [5.74, 6) is 1.24. The van der Waals surface area contributed by atoms with Crippen molar-refractivity contribution in [2.24, 2.45) is 5.73 Å². The predicted octanol–water partition coefficient (Wildman–Crippen LogP) is 2.02. The summed E-state index contributed by atoms with van der Waals surface area (Å²) in [6.45, 7) is 4.05. The fourth-order valence-electron chi connectivity index (χ4n) is 1.41. The first kappa shape index (κ1) is 12.4. The molecule has 15 heavy (non-hydrogen) atoms. The van der Waals surface area contributed by atoms with E-state index in [1.54, 1.807) is 0 Å². The molecule has 2 atom stereocenters. The fraction of sp³-hybridized carbons (Fsp3) is 0.500. The fourth-order valence-corrected chi connectivity index (χ4v) is 2.24. The highest BCUT2D eigenvalue weighted by molar-refractivity contribution is 7.84. The minimum atomic E-state index is -0.790. The molecule has 0 aromatic heterocycles. The Morgan fingerprint density at radius 1 is 1.27 bits per heavy atom. The lowest BCUT2D eigenvalue weighted by Crippen LogP contribution is -2.19. The van der Waals surface area contributed by atoms with Gasteiger partial charge in [0.05, 0.1) is 0 Å². The Kier molecular flexibility index (Phi) is 4.99. The summed E-state index contributed by atoms with van der Waals surface area (Å²) in [5, 5.41) is 0. The summed E-state index contributed by atoms with van der Waals surface area (Å²) in [4.78, 5) is 0. The molecule has 0 amide bonds. The smallest absolute Gasteiger partial charge is 0.0428 e. The molecule has 1 aromatic rings. The zero-order chi connectivity index (χ0) is 11.3. The summed E-state index contributed by atoms with van der Waals surface area (Å²) in [7, 11) is -0.790. The molecule has 0 aliphatic carbocycles. The van der Waals surface area contributed by atoms with Crippen LogP contribution < -0.4 is 5.73 Å². The first-order valence-electron chi connectivity index (χ1n) is 5.36. The van der Waals surface area contributed by atoms with Crippen LogP contribution in [-0.4, -0.2) is 15.7 Å². The second kappa shape index (κ2) is 6.03. The van der Waals surface area contributed by atoms with Crippen molar-refractivity contribution in [3.05, 3.63) is 35.4 Å². The third-order valence-electron chi connectivity index (χ3n) is 2.50. The van der Waals surface area contributed by atoms with Gasteiger partial charge < -0.3 is 5.73 Å². The molecule has 84 valence electrons. The zero-order valence-electron chi connectivity index (χ0n) is 9.40. The Hall–Kier alpha value is -0.670. The molecule has 0 aliphatic rings. The molecule has 1 rings (SSSR count). The molecule has 3 heteroatoms. The lowest BCUT2D eigenvalue weighted by atomic mass is 10.1. The van der Waals surface area contributed by atoms with Crippen LogP contribution in [0.25, 0.3) is 0 Å². The maximum atomic E-state index is 11.3. The molecule has 0 saturated heterocycles. The highest BCUT2D eigenvalue weighted by Crippen LogP contribution is 2.13. The lowest BCUT2D eigenvalue weighted by molar-refractivity contribution is 0.676. The quantitative estimate of drug-likeness (QED) is 0.833. The van der Waals surface area contributed by atoms with Crippen LogP contribution in [0.4, 0.5) is 0 Å². The van der Waals surface area contributed by atoms with Crippen LogP contribution in [0, 0.1) is 0 Å². The van der Waals surface area contributed by atoms with Gasteiger partial charge in [0.15, 0.2) is 0 Å². The van der Waals surface area contributed by atoms with E-state index in [0.717, 1.165) is 12.0 Å². The Labute approximate surface area is 94.3 Å². The Balaban J connectivity index is 2.65. The maximum Gasteiger partial charge on any atom is 0.0428 e. The molecule has 0 bridgehead atoms. The van der Waals surface area contributed by atoms with Gasteiger partial charge in [-0.1, -0.05) is 38.1 Å². The summed E-state index contributed by atoms with van der Waals surface area (Å²) >= 11 is 0. The molecule has 0 fully saturated rings. The number of benzene rings is 1. The molecule has 0 aliphatic heterocycles. The van der Waals surface area contributed by atoms with Crippen LogP contribution >= 0.6 is 0 Å². The lowest BCUT2D eigenvalue weighted by Gasteiger charge is -2.11. The largest absolute Gasteiger partial charge is 0.323 e. The summed E-state index contributed by atoms with van der Waals surface area (Å²) in [6.07, 6.45) is 1.04. The van der Waals surface area contributed by atoms with E-state index in [9.17, 15) is 4.21 Å². The topological polar surface area (TPSA) is 43.1 Å². The standard InChI is InChI=1S/C12H19NOS/c1-3-10-5-7-11(8-6-10)12(13)9-15(14)4-2/h5-8,12H,3-4,9,13H2,1-2H3. The van der Waals surface area contributed by atoms with Crippen molar-refractivity contribution in [1.29, 1.82) is 0 Å². The number of nitrogens with two attached hydrogens (primary N) is 1. The van der Waals surface area contributed by atoms with E-state index in [4.69, 9.17) is 5.73 Å². The van der Waals surface area contributed by atoms with Crippen LogP contribution in [0.15, 0.2) is 24.3 Å². The number of hydrogen-bond donors (Lipinski definition) is 1. The number of aryl methyl sites for hydroxylation is 1. The molecular weight excluding hydrogens is 206 g/mol. The van der Waals surface area contributed by atoms with Crippen molar-refractivity contribution in [1.82, 2.24) is 0 Å². The SMILES string of the molecule is CCc1ccc(C(N)CS(=O)CC)cc1. The van der Waals surface area contributed by atoms with Gasteiger partial charge in [0, 0.05) is 28.3 Å². The van der Waals surface area contributed by atoms with Gasteiger partial charge in [-0.2, -0.15) is 0 Å². The average molecular weight is 225 g/mol. The summed E-state index contributed by atoms with van der Waals surface area (Å²) < 4.78 is 11.3. The van der Waals surface area contributed by atoms with E-state index in [0.29, 0.717) is 11.5 Å². The Morgan fingerprint density at radius 2 is 1.87 bits per heavy atom. The van der Waals surface area contributed by atoms with E-state index >= 15 is 0 Å². The third-order valence-corrected chi connectivity index (χ3v) is 3.88. The predicted molar refractivity (Wildman–Crippen MR) is 66.3 cm³/mol. The van der Waals surface area contributed by atoms with Crippen molar-refractivity contribution in [3.63, 3.8) is 0 Å². The molecule has 2 nitrogen and oxygen atoms in total. The minimum absolute atomic E-state index is 0.100. The first-order chi connectivity index (χ1) is 7.17. The Bertz CT molecular complexity index is 321. The summed E-state index contributed by atoms with van der Waals surface area (Å²) in [5.41, 5.74) is 8.36. The summed E-state index contributed by atoms with van der Waals surface area (Å²) in [6, 6.07) is 8.15. The van der Waals surface area contributed by atoms with Crippen LogP contribution in [0.2, 0.25) is 0 Å². The minimum Gasteiger partial charge on any atom is -0.323 e. The molecular formula is C12H19NOS. The molecule has 0 radical (unpaired) electrons. The average Bonchev–Trinajstić information content (AvgIpc) is 2.29. The zero-order valence-corrected chi connectivity index (χ0v) is 10.2. The van der Waals surface area contributed by atoms with Gasteiger partial charge in [-0.25, -0.2) is 0 Å². The van der Waals surface area contributed by atoms with E-state index < -0.39 is 10.8 Å². The first-order valence-corrected chi connectivity index (χ1v) is 6.85. The number of hydrogen-bond acceptors (Lipinski definition) is 2. The molecule has 1 aromatic carbocycles. The Morgan fingerprint density at radius 3 is 2.33 bits per heavy atom. The molecule has 2 unspecified atom stereocenters. The van der Waals surface area contributed by atoms with Crippen molar-refractivity contribution < 1.29 is 4.21 Å². The van der Waals surface area contributed by atoms with Gasteiger partial charge in [0.1, 0.15) is 0 Å². The van der Waals surface area contributed by atoms with Crippen molar-refractivity contribution in [2.45, 2.75) is 26.3 Å². The second-order valence-corrected chi connectivity index (χ2v) is 5.39. The van der Waals surface area contributed by atoms with Gasteiger partial charge in [0.25, 0.3) is 0 Å². The van der Waals surface area contributed by atoms with Gasteiger partial charge in [-0.15, -0.1) is 0 Å². The molecule has 0 spiro atoms. The van der Waals surface area contributed by atoms with E-state index in [-0.39, 0.29) is 6.04 Å². The van der Waals surface area contributed by atoms with Crippen molar-refractivity contribution >= 4 is 10.8 Å². The van der Waals surface area contributed by atoms with Crippen LogP contribution in [0.5, 0.6) is 0 Å².